The summed E-state index contributed by atoms with van der Waals surface area (Å²) in [6.45, 7) is 0.726. The Morgan fingerprint density at radius 3 is 2.73 bits per heavy atom. The van der Waals surface area contributed by atoms with Crippen LogP contribution in [0, 0.1) is 0 Å². The van der Waals surface area contributed by atoms with Gasteiger partial charge in [0.2, 0.25) is 0 Å². The van der Waals surface area contributed by atoms with Crippen molar-refractivity contribution in [2.45, 2.75) is 6.54 Å². The summed E-state index contributed by atoms with van der Waals surface area (Å²) < 4.78 is 5.14. The summed E-state index contributed by atoms with van der Waals surface area (Å²) in [5, 5.41) is 4.03. The van der Waals surface area contributed by atoms with Crippen LogP contribution in [0.3, 0.4) is 0 Å². The van der Waals surface area contributed by atoms with E-state index in [2.05, 4.69) is 5.32 Å². The molecule has 0 unspecified atom stereocenters. The number of rotatable bonds is 3. The zero-order chi connectivity index (χ0) is 8.10. The van der Waals surface area contributed by atoms with Gasteiger partial charge in [-0.3, -0.25) is 0 Å². The molecular weight excluding hydrogens is 138 g/mol. The van der Waals surface area contributed by atoms with Crippen LogP contribution in [-0.4, -0.2) is 14.2 Å². The van der Waals surface area contributed by atoms with Gasteiger partial charge in [0.1, 0.15) is 5.75 Å². The van der Waals surface area contributed by atoms with Crippen LogP contribution >= 0.6 is 0 Å². The summed E-state index contributed by atoms with van der Waals surface area (Å²) in [5.41, 5.74) is 1.14. The highest BCUT2D eigenvalue weighted by Crippen LogP contribution is 2.18. The first kappa shape index (κ1) is 8.08. The molecule has 1 aromatic carbocycles. The second-order valence-corrected chi connectivity index (χ2v) is 2.29. The third-order valence-electron chi connectivity index (χ3n) is 1.52. The van der Waals surface area contributed by atoms with Gasteiger partial charge in [-0.1, -0.05) is 18.2 Å². The molecule has 2 heteroatoms. The Morgan fingerprint density at radius 2 is 2.09 bits per heavy atom. The van der Waals surface area contributed by atoms with Gasteiger partial charge in [-0.05, 0) is 11.6 Å². The highest BCUT2D eigenvalue weighted by molar-refractivity contribution is 5.34. The minimum Gasteiger partial charge on any atom is -0.661 e. The lowest BCUT2D eigenvalue weighted by molar-refractivity contribution is 0.410. The molecule has 0 saturated carbocycles. The maximum atomic E-state index is 5.14. The van der Waals surface area contributed by atoms with Crippen molar-refractivity contribution in [1.29, 1.82) is 0 Å². The molecule has 2 nitrogen and oxygen atoms in total. The lowest BCUT2D eigenvalue weighted by atomic mass is 10.2. The Morgan fingerprint density at radius 1 is 1.36 bits per heavy atom. The van der Waals surface area contributed by atoms with Crippen molar-refractivity contribution in [3.63, 3.8) is 0 Å². The molecule has 1 aromatic rings. The lowest BCUT2D eigenvalue weighted by Gasteiger charge is -2.14. The standard InChI is InChI=1S/C9H12NO/c1-10-7-8-5-3-4-6-9(8)11-2/h3-6H,7H2,1-2H3/q-1. The Bertz CT molecular complexity index is 223. The van der Waals surface area contributed by atoms with E-state index in [0.717, 1.165) is 17.9 Å². The molecule has 0 atom stereocenters. The summed E-state index contributed by atoms with van der Waals surface area (Å²) >= 11 is 0. The fourth-order valence-corrected chi connectivity index (χ4v) is 1.00. The number of nitrogens with zero attached hydrogens (tertiary/aromatic N) is 1. The Hall–Kier alpha value is -1.02. The van der Waals surface area contributed by atoms with Gasteiger partial charge in [-0.25, -0.2) is 0 Å². The fraction of sp³-hybridized carbons (Fsp3) is 0.333. The normalized spacial score (nSPS) is 9.64. The van der Waals surface area contributed by atoms with Gasteiger partial charge in [0.15, 0.2) is 0 Å². The second-order valence-electron chi connectivity index (χ2n) is 2.29. The van der Waals surface area contributed by atoms with Gasteiger partial charge in [0.05, 0.1) is 7.11 Å². The molecule has 60 valence electrons. The number of hydrogen-bond acceptors (Lipinski definition) is 1. The first-order valence-electron chi connectivity index (χ1n) is 3.56. The first-order valence-corrected chi connectivity index (χ1v) is 3.56. The average Bonchev–Trinajstić information content (AvgIpc) is 2.06. The zero-order valence-corrected chi connectivity index (χ0v) is 6.87. The molecule has 0 amide bonds. The molecule has 0 heterocycles. The van der Waals surface area contributed by atoms with Gasteiger partial charge >= 0.3 is 0 Å². The minimum atomic E-state index is 0.726. The SMILES string of the molecule is C[N-]Cc1ccccc1OC. The quantitative estimate of drug-likeness (QED) is 0.647. The summed E-state index contributed by atoms with van der Waals surface area (Å²) in [6.07, 6.45) is 0. The van der Waals surface area contributed by atoms with Crippen LogP contribution in [0.5, 0.6) is 5.75 Å². The van der Waals surface area contributed by atoms with E-state index in [1.807, 2.05) is 24.3 Å². The maximum Gasteiger partial charge on any atom is 0.120 e. The third kappa shape index (κ3) is 1.95. The van der Waals surface area contributed by atoms with Crippen molar-refractivity contribution >= 4 is 0 Å². The molecule has 0 radical (unpaired) electrons. The van der Waals surface area contributed by atoms with E-state index >= 15 is 0 Å². The molecule has 0 spiro atoms. The number of para-hydroxylation sites is 1. The molecule has 0 aliphatic heterocycles. The third-order valence-corrected chi connectivity index (χ3v) is 1.52. The van der Waals surface area contributed by atoms with Crippen LogP contribution in [0.15, 0.2) is 24.3 Å². The van der Waals surface area contributed by atoms with Crippen LogP contribution in [0.2, 0.25) is 0 Å². The first-order chi connectivity index (χ1) is 5.38. The topological polar surface area (TPSA) is 23.3 Å². The largest absolute Gasteiger partial charge is 0.661 e. The molecule has 0 aliphatic carbocycles. The molecule has 0 aliphatic rings. The number of hydrogen-bond donors (Lipinski definition) is 0. The van der Waals surface area contributed by atoms with Crippen LogP contribution < -0.4 is 4.74 Å². The molecule has 1 rings (SSSR count). The van der Waals surface area contributed by atoms with Crippen LogP contribution in [-0.2, 0) is 6.54 Å². The van der Waals surface area contributed by atoms with E-state index in [0.29, 0.717) is 0 Å². The average molecular weight is 150 g/mol. The van der Waals surface area contributed by atoms with E-state index in [1.54, 1.807) is 14.2 Å². The van der Waals surface area contributed by atoms with Gasteiger partial charge in [0.25, 0.3) is 0 Å². The van der Waals surface area contributed by atoms with Crippen molar-refractivity contribution in [2.75, 3.05) is 14.2 Å². The van der Waals surface area contributed by atoms with Crippen LogP contribution in [0.1, 0.15) is 5.56 Å². The smallest absolute Gasteiger partial charge is 0.120 e. The minimum absolute atomic E-state index is 0.726. The van der Waals surface area contributed by atoms with Crippen LogP contribution in [0.25, 0.3) is 5.32 Å². The van der Waals surface area contributed by atoms with E-state index in [1.165, 1.54) is 0 Å². The van der Waals surface area contributed by atoms with E-state index in [-0.39, 0.29) is 0 Å². The molecular formula is C9H12NO-. The highest BCUT2D eigenvalue weighted by atomic mass is 16.5. The van der Waals surface area contributed by atoms with Gasteiger partial charge in [0, 0.05) is 0 Å². The van der Waals surface area contributed by atoms with Crippen molar-refractivity contribution < 1.29 is 4.74 Å². The Balaban J connectivity index is 2.83. The van der Waals surface area contributed by atoms with Crippen LogP contribution in [0.4, 0.5) is 0 Å². The number of ether oxygens (including phenoxy) is 1. The molecule has 0 aromatic heterocycles. The van der Waals surface area contributed by atoms with E-state index in [4.69, 9.17) is 4.74 Å². The zero-order valence-electron chi connectivity index (χ0n) is 6.87. The molecule has 0 fully saturated rings. The summed E-state index contributed by atoms with van der Waals surface area (Å²) in [4.78, 5) is 0. The predicted molar refractivity (Wildman–Crippen MR) is 46.0 cm³/mol. The van der Waals surface area contributed by atoms with Gasteiger partial charge < -0.3 is 10.1 Å². The molecule has 0 N–H and O–H groups in total. The van der Waals surface area contributed by atoms with Gasteiger partial charge in [-0.2, -0.15) is 7.05 Å². The van der Waals surface area contributed by atoms with E-state index in [9.17, 15) is 0 Å². The van der Waals surface area contributed by atoms with E-state index < -0.39 is 0 Å². The number of methoxy groups -OCH3 is 1. The summed E-state index contributed by atoms with van der Waals surface area (Å²) in [6, 6.07) is 7.91. The maximum absolute atomic E-state index is 5.14. The van der Waals surface area contributed by atoms with Crippen molar-refractivity contribution in [3.05, 3.63) is 35.1 Å². The Kier molecular flexibility index (Phi) is 2.93. The monoisotopic (exact) mass is 150 g/mol. The molecule has 11 heavy (non-hydrogen) atoms. The lowest BCUT2D eigenvalue weighted by Crippen LogP contribution is -1.89. The Labute approximate surface area is 67.2 Å². The highest BCUT2D eigenvalue weighted by Gasteiger charge is 1.93. The molecule has 0 saturated heterocycles. The number of benzene rings is 1. The van der Waals surface area contributed by atoms with Gasteiger partial charge in [-0.15, -0.1) is 6.54 Å². The predicted octanol–water partition coefficient (Wildman–Crippen LogP) is 2.20. The summed E-state index contributed by atoms with van der Waals surface area (Å²) in [7, 11) is 3.47. The van der Waals surface area contributed by atoms with Crippen molar-refractivity contribution in [1.82, 2.24) is 0 Å². The van der Waals surface area contributed by atoms with Crippen molar-refractivity contribution in [2.24, 2.45) is 0 Å². The summed E-state index contributed by atoms with van der Waals surface area (Å²) in [5.74, 6) is 0.915. The second kappa shape index (κ2) is 3.98. The van der Waals surface area contributed by atoms with Crippen molar-refractivity contribution in [3.8, 4) is 5.75 Å². The molecule has 0 bridgehead atoms. The fourth-order valence-electron chi connectivity index (χ4n) is 1.00.